The van der Waals surface area contributed by atoms with Gasteiger partial charge in [-0.25, -0.2) is 9.78 Å². The largest absolute Gasteiger partial charge is 0.452 e. The number of rotatable bonds is 6. The number of amides is 1. The van der Waals surface area contributed by atoms with Gasteiger partial charge in [-0.15, -0.1) is 0 Å². The molecule has 6 heteroatoms. The molecule has 0 atom stereocenters. The van der Waals surface area contributed by atoms with Gasteiger partial charge in [0.05, 0.1) is 5.56 Å². The highest BCUT2D eigenvalue weighted by Gasteiger charge is 2.32. The van der Waals surface area contributed by atoms with Gasteiger partial charge >= 0.3 is 5.97 Å². The molecule has 1 amide bonds. The second kappa shape index (κ2) is 8.65. The van der Waals surface area contributed by atoms with Crippen molar-refractivity contribution in [3.8, 4) is 0 Å². The number of aromatic nitrogens is 1. The number of halogens is 1. The Hall–Kier alpha value is -1.62. The highest BCUT2D eigenvalue weighted by Crippen LogP contribution is 2.40. The van der Waals surface area contributed by atoms with Crippen molar-refractivity contribution in [2.75, 3.05) is 6.61 Å². The molecule has 1 N–H and O–H groups in total. The highest BCUT2D eigenvalue weighted by atomic mass is 35.5. The predicted molar refractivity (Wildman–Crippen MR) is 97.5 cm³/mol. The van der Waals surface area contributed by atoms with Crippen LogP contribution >= 0.6 is 11.6 Å². The summed E-state index contributed by atoms with van der Waals surface area (Å²) in [5.41, 5.74) is 0.521. The van der Waals surface area contributed by atoms with E-state index < -0.39 is 5.97 Å². The molecule has 1 fully saturated rings. The first kappa shape index (κ1) is 19.7. The molecule has 1 aromatic rings. The van der Waals surface area contributed by atoms with Gasteiger partial charge in [0.2, 0.25) is 0 Å². The number of carbonyl (C=O) groups is 2. The topological polar surface area (TPSA) is 68.3 Å². The van der Waals surface area contributed by atoms with Crippen LogP contribution in [-0.2, 0) is 9.53 Å². The minimum Gasteiger partial charge on any atom is -0.452 e. The SMILES string of the molecule is CCC(C)(C)C1CCC(NC(=O)COC(=O)c2cccnc2Cl)CC1. The zero-order valence-electron chi connectivity index (χ0n) is 15.2. The van der Waals surface area contributed by atoms with E-state index in [0.29, 0.717) is 11.3 Å². The van der Waals surface area contributed by atoms with Gasteiger partial charge in [-0.05, 0) is 49.1 Å². The van der Waals surface area contributed by atoms with Gasteiger partial charge < -0.3 is 10.1 Å². The Morgan fingerprint density at radius 3 is 2.60 bits per heavy atom. The summed E-state index contributed by atoms with van der Waals surface area (Å²) in [6.45, 7) is 6.57. The van der Waals surface area contributed by atoms with Crippen molar-refractivity contribution in [3.05, 3.63) is 29.0 Å². The molecule has 0 unspecified atom stereocenters. The van der Waals surface area contributed by atoms with Crippen LogP contribution in [0.15, 0.2) is 18.3 Å². The molecule has 1 saturated carbocycles. The highest BCUT2D eigenvalue weighted by molar-refractivity contribution is 6.32. The first-order chi connectivity index (χ1) is 11.8. The van der Waals surface area contributed by atoms with Gasteiger partial charge in [-0.2, -0.15) is 0 Å². The third kappa shape index (κ3) is 5.43. The number of esters is 1. The molecule has 5 nitrogen and oxygen atoms in total. The number of ether oxygens (including phenoxy) is 1. The van der Waals surface area contributed by atoms with Crippen LogP contribution in [-0.4, -0.2) is 29.5 Å². The number of pyridine rings is 1. The van der Waals surface area contributed by atoms with Gasteiger partial charge in [0, 0.05) is 12.2 Å². The Bertz CT molecular complexity index is 610. The van der Waals surface area contributed by atoms with Gasteiger partial charge in [-0.1, -0.05) is 38.8 Å². The molecule has 1 heterocycles. The molecular formula is C19H27ClN2O3. The summed E-state index contributed by atoms with van der Waals surface area (Å²) in [6, 6.07) is 3.28. The van der Waals surface area contributed by atoms with E-state index in [0.717, 1.165) is 25.7 Å². The lowest BCUT2D eigenvalue weighted by Crippen LogP contribution is -2.41. The van der Waals surface area contributed by atoms with E-state index in [1.165, 1.54) is 18.7 Å². The van der Waals surface area contributed by atoms with Gasteiger partial charge in [0.25, 0.3) is 5.91 Å². The molecule has 138 valence electrons. The number of nitrogens with zero attached hydrogens (tertiary/aromatic N) is 1. The number of hydrogen-bond acceptors (Lipinski definition) is 4. The van der Waals surface area contributed by atoms with E-state index in [9.17, 15) is 9.59 Å². The van der Waals surface area contributed by atoms with Crippen LogP contribution in [0.1, 0.15) is 63.2 Å². The summed E-state index contributed by atoms with van der Waals surface area (Å²) in [7, 11) is 0. The standard InChI is InChI=1S/C19H27ClN2O3/c1-4-19(2,3)13-7-9-14(10-8-13)22-16(23)12-25-18(24)15-6-5-11-21-17(15)20/h5-6,11,13-14H,4,7-10,12H2,1-3H3,(H,22,23). The van der Waals surface area contributed by atoms with Crippen LogP contribution in [0.3, 0.4) is 0 Å². The third-order valence-electron chi connectivity index (χ3n) is 5.42. The van der Waals surface area contributed by atoms with Crippen LogP contribution in [0.5, 0.6) is 0 Å². The molecule has 25 heavy (non-hydrogen) atoms. The van der Waals surface area contributed by atoms with Crippen LogP contribution in [0.4, 0.5) is 0 Å². The second-order valence-corrected chi connectivity index (χ2v) is 7.73. The summed E-state index contributed by atoms with van der Waals surface area (Å²) in [5.74, 6) is -0.204. The Morgan fingerprint density at radius 2 is 2.00 bits per heavy atom. The van der Waals surface area contributed by atoms with E-state index >= 15 is 0 Å². The summed E-state index contributed by atoms with van der Waals surface area (Å²) in [6.07, 6.45) is 6.85. The van der Waals surface area contributed by atoms with Gasteiger partial charge in [0.1, 0.15) is 5.15 Å². The van der Waals surface area contributed by atoms with Crippen molar-refractivity contribution in [1.82, 2.24) is 10.3 Å². The molecule has 1 aromatic heterocycles. The molecule has 0 radical (unpaired) electrons. The molecule has 0 bridgehead atoms. The van der Waals surface area contributed by atoms with E-state index in [2.05, 4.69) is 31.1 Å². The number of carbonyl (C=O) groups excluding carboxylic acids is 2. The third-order valence-corrected chi connectivity index (χ3v) is 5.72. The summed E-state index contributed by atoms with van der Waals surface area (Å²) in [4.78, 5) is 27.8. The van der Waals surface area contributed by atoms with Gasteiger partial charge in [0.15, 0.2) is 6.61 Å². The maximum Gasteiger partial charge on any atom is 0.341 e. The quantitative estimate of drug-likeness (QED) is 0.610. The second-order valence-electron chi connectivity index (χ2n) is 7.38. The molecule has 2 rings (SSSR count). The zero-order valence-corrected chi connectivity index (χ0v) is 15.9. The lowest BCUT2D eigenvalue weighted by Gasteiger charge is -2.39. The normalized spacial score (nSPS) is 20.8. The molecule has 1 aliphatic carbocycles. The van der Waals surface area contributed by atoms with Crippen LogP contribution < -0.4 is 5.32 Å². The Morgan fingerprint density at radius 1 is 1.32 bits per heavy atom. The van der Waals surface area contributed by atoms with Crippen molar-refractivity contribution in [3.63, 3.8) is 0 Å². The first-order valence-corrected chi connectivity index (χ1v) is 9.28. The van der Waals surface area contributed by atoms with Gasteiger partial charge in [-0.3, -0.25) is 4.79 Å². The molecule has 0 aliphatic heterocycles. The maximum atomic E-state index is 12.0. The molecule has 0 aromatic carbocycles. The zero-order chi connectivity index (χ0) is 18.4. The van der Waals surface area contributed by atoms with Crippen LogP contribution in [0, 0.1) is 11.3 Å². The fraction of sp³-hybridized carbons (Fsp3) is 0.632. The van der Waals surface area contributed by atoms with Crippen molar-refractivity contribution in [1.29, 1.82) is 0 Å². The Balaban J connectivity index is 1.75. The van der Waals surface area contributed by atoms with Crippen LogP contribution in [0.25, 0.3) is 0 Å². The average molecular weight is 367 g/mol. The smallest absolute Gasteiger partial charge is 0.341 e. The van der Waals surface area contributed by atoms with E-state index in [4.69, 9.17) is 16.3 Å². The lowest BCUT2D eigenvalue weighted by molar-refractivity contribution is -0.125. The number of nitrogens with one attached hydrogen (secondary N) is 1. The molecule has 0 spiro atoms. The molecule has 0 saturated heterocycles. The summed E-state index contributed by atoms with van der Waals surface area (Å²) >= 11 is 5.84. The Labute approximate surface area is 154 Å². The van der Waals surface area contributed by atoms with E-state index in [-0.39, 0.29) is 29.3 Å². The lowest BCUT2D eigenvalue weighted by atomic mass is 9.69. The summed E-state index contributed by atoms with van der Waals surface area (Å²) < 4.78 is 5.03. The fourth-order valence-corrected chi connectivity index (χ4v) is 3.52. The maximum absolute atomic E-state index is 12.0. The number of hydrogen-bond donors (Lipinski definition) is 1. The van der Waals surface area contributed by atoms with E-state index in [1.54, 1.807) is 6.07 Å². The molecule has 1 aliphatic rings. The van der Waals surface area contributed by atoms with Crippen molar-refractivity contribution in [2.24, 2.45) is 11.3 Å². The van der Waals surface area contributed by atoms with E-state index in [1.807, 2.05) is 0 Å². The fourth-order valence-electron chi connectivity index (χ4n) is 3.32. The van der Waals surface area contributed by atoms with Crippen molar-refractivity contribution >= 4 is 23.5 Å². The minimum absolute atomic E-state index is 0.0739. The Kier molecular flexibility index (Phi) is 6.82. The first-order valence-electron chi connectivity index (χ1n) is 8.90. The monoisotopic (exact) mass is 366 g/mol. The van der Waals surface area contributed by atoms with Crippen molar-refractivity contribution in [2.45, 2.75) is 58.9 Å². The van der Waals surface area contributed by atoms with Crippen LogP contribution in [0.2, 0.25) is 5.15 Å². The average Bonchev–Trinajstić information content (AvgIpc) is 2.60. The predicted octanol–water partition coefficient (Wildman–Crippen LogP) is 4.00. The van der Waals surface area contributed by atoms with Crippen molar-refractivity contribution < 1.29 is 14.3 Å². The molecular weight excluding hydrogens is 340 g/mol. The summed E-state index contributed by atoms with van der Waals surface area (Å²) in [5, 5.41) is 3.04. The minimum atomic E-state index is -0.637.